The van der Waals surface area contributed by atoms with E-state index in [0.717, 1.165) is 39.6 Å². The molecule has 2 aromatic carbocycles. The maximum absolute atomic E-state index is 12.6. The summed E-state index contributed by atoms with van der Waals surface area (Å²) in [6.07, 6.45) is 0.280. The predicted molar refractivity (Wildman–Crippen MR) is 128 cm³/mol. The second-order valence-electron chi connectivity index (χ2n) is 8.12. The summed E-state index contributed by atoms with van der Waals surface area (Å²) < 4.78 is 1.83. The number of nitrogens with one attached hydrogen (secondary N) is 2. The molecule has 1 heterocycles. The SMILES string of the molecule is Cc1cccc(NC(=O)CN(C)CCC(=O)Nc2c(C)nn(-c3ccccc3)c2C)c1C. The third-order valence-corrected chi connectivity index (χ3v) is 5.57. The average molecular weight is 434 g/mol. The van der Waals surface area contributed by atoms with E-state index in [2.05, 4.69) is 15.7 Å². The van der Waals surface area contributed by atoms with Crippen LogP contribution < -0.4 is 10.6 Å². The number of benzene rings is 2. The van der Waals surface area contributed by atoms with Gasteiger partial charge in [0.1, 0.15) is 0 Å². The van der Waals surface area contributed by atoms with Crippen molar-refractivity contribution in [3.63, 3.8) is 0 Å². The minimum atomic E-state index is -0.106. The molecule has 1 aromatic heterocycles. The fourth-order valence-corrected chi connectivity index (χ4v) is 3.54. The van der Waals surface area contributed by atoms with Gasteiger partial charge in [0.05, 0.1) is 29.3 Å². The van der Waals surface area contributed by atoms with Crippen LogP contribution in [0.15, 0.2) is 48.5 Å². The average Bonchev–Trinajstić information content (AvgIpc) is 3.04. The van der Waals surface area contributed by atoms with Gasteiger partial charge in [-0.25, -0.2) is 4.68 Å². The van der Waals surface area contributed by atoms with Gasteiger partial charge in [0, 0.05) is 18.7 Å². The van der Waals surface area contributed by atoms with Crippen LogP contribution in [0.25, 0.3) is 5.69 Å². The zero-order chi connectivity index (χ0) is 23.3. The molecule has 2 N–H and O–H groups in total. The Morgan fingerprint density at radius 1 is 0.938 bits per heavy atom. The lowest BCUT2D eigenvalue weighted by Gasteiger charge is -2.17. The van der Waals surface area contributed by atoms with Gasteiger partial charge in [-0.05, 0) is 64.1 Å². The summed E-state index contributed by atoms with van der Waals surface area (Å²) in [6.45, 7) is 8.51. The topological polar surface area (TPSA) is 79.3 Å². The molecule has 0 spiro atoms. The first-order valence-corrected chi connectivity index (χ1v) is 10.7. The fourth-order valence-electron chi connectivity index (χ4n) is 3.54. The zero-order valence-corrected chi connectivity index (χ0v) is 19.4. The van der Waals surface area contributed by atoms with Crippen molar-refractivity contribution in [2.24, 2.45) is 0 Å². The largest absolute Gasteiger partial charge is 0.325 e. The van der Waals surface area contributed by atoms with E-state index >= 15 is 0 Å². The Labute approximate surface area is 189 Å². The van der Waals surface area contributed by atoms with Crippen LogP contribution in [-0.4, -0.2) is 46.6 Å². The number of para-hydroxylation sites is 1. The molecule has 168 valence electrons. The summed E-state index contributed by atoms with van der Waals surface area (Å²) in [5, 5.41) is 10.5. The molecule has 0 saturated carbocycles. The number of aryl methyl sites for hydroxylation is 2. The third kappa shape index (κ3) is 5.62. The van der Waals surface area contributed by atoms with E-state index in [1.54, 1.807) is 0 Å². The molecule has 0 aliphatic rings. The van der Waals surface area contributed by atoms with Crippen molar-refractivity contribution in [3.8, 4) is 5.69 Å². The second-order valence-corrected chi connectivity index (χ2v) is 8.12. The van der Waals surface area contributed by atoms with Gasteiger partial charge in [0.2, 0.25) is 11.8 Å². The molecule has 0 fully saturated rings. The smallest absolute Gasteiger partial charge is 0.238 e. The first kappa shape index (κ1) is 23.2. The van der Waals surface area contributed by atoms with E-state index in [9.17, 15) is 9.59 Å². The van der Waals surface area contributed by atoms with Gasteiger partial charge < -0.3 is 10.6 Å². The summed E-state index contributed by atoms with van der Waals surface area (Å²) in [5.74, 6) is -0.206. The molecule has 0 radical (unpaired) electrons. The molecule has 7 nitrogen and oxygen atoms in total. The Morgan fingerprint density at radius 2 is 1.66 bits per heavy atom. The zero-order valence-electron chi connectivity index (χ0n) is 19.4. The molecular weight excluding hydrogens is 402 g/mol. The molecule has 3 rings (SSSR count). The number of hydrogen-bond donors (Lipinski definition) is 2. The molecule has 2 amide bonds. The van der Waals surface area contributed by atoms with Gasteiger partial charge in [0.25, 0.3) is 0 Å². The first-order valence-electron chi connectivity index (χ1n) is 10.7. The summed E-state index contributed by atoms with van der Waals surface area (Å²) in [6, 6.07) is 15.7. The fraction of sp³-hybridized carbons (Fsp3) is 0.320. The van der Waals surface area contributed by atoms with Gasteiger partial charge in [0.15, 0.2) is 0 Å². The minimum Gasteiger partial charge on any atom is -0.325 e. The third-order valence-electron chi connectivity index (χ3n) is 5.57. The number of carbonyl (C=O) groups is 2. The Morgan fingerprint density at radius 3 is 2.38 bits per heavy atom. The number of aromatic nitrogens is 2. The summed E-state index contributed by atoms with van der Waals surface area (Å²) in [5.41, 5.74) is 6.34. The van der Waals surface area contributed by atoms with Crippen LogP contribution in [0.1, 0.15) is 28.9 Å². The van der Waals surface area contributed by atoms with Crippen molar-refractivity contribution in [1.29, 1.82) is 0 Å². The van der Waals surface area contributed by atoms with E-state index in [0.29, 0.717) is 6.54 Å². The standard InChI is InChI=1S/C25H31N5O2/c1-17-10-9-13-22(18(17)2)26-24(32)16-29(5)15-14-23(31)27-25-19(3)28-30(20(25)4)21-11-7-6-8-12-21/h6-13H,14-16H2,1-5H3,(H,26,32)(H,27,31). The minimum absolute atomic E-state index is 0.0996. The van der Waals surface area contributed by atoms with Crippen molar-refractivity contribution in [1.82, 2.24) is 14.7 Å². The number of likely N-dealkylation sites (N-methyl/N-ethyl adjacent to an activating group) is 1. The highest BCUT2D eigenvalue weighted by atomic mass is 16.2. The van der Waals surface area contributed by atoms with Gasteiger partial charge in [-0.15, -0.1) is 0 Å². The monoisotopic (exact) mass is 433 g/mol. The molecule has 3 aromatic rings. The van der Waals surface area contributed by atoms with Crippen LogP contribution in [0.3, 0.4) is 0 Å². The number of rotatable bonds is 8. The van der Waals surface area contributed by atoms with Crippen LogP contribution in [0.4, 0.5) is 11.4 Å². The van der Waals surface area contributed by atoms with Crippen molar-refractivity contribution >= 4 is 23.2 Å². The van der Waals surface area contributed by atoms with E-state index in [-0.39, 0.29) is 24.8 Å². The molecule has 32 heavy (non-hydrogen) atoms. The number of carbonyl (C=O) groups excluding carboxylic acids is 2. The van der Waals surface area contributed by atoms with Crippen LogP contribution in [0.5, 0.6) is 0 Å². The lowest BCUT2D eigenvalue weighted by molar-refractivity contribution is -0.119. The maximum atomic E-state index is 12.6. The van der Waals surface area contributed by atoms with Crippen molar-refractivity contribution in [2.45, 2.75) is 34.1 Å². The molecule has 0 aliphatic heterocycles. The molecule has 0 bridgehead atoms. The summed E-state index contributed by atoms with van der Waals surface area (Å²) in [4.78, 5) is 26.8. The number of hydrogen-bond acceptors (Lipinski definition) is 4. The van der Waals surface area contributed by atoms with Gasteiger partial charge >= 0.3 is 0 Å². The highest BCUT2D eigenvalue weighted by molar-refractivity contribution is 5.93. The van der Waals surface area contributed by atoms with E-state index < -0.39 is 0 Å². The van der Waals surface area contributed by atoms with Crippen molar-refractivity contribution in [2.75, 3.05) is 30.8 Å². The van der Waals surface area contributed by atoms with E-state index in [1.807, 2.05) is 92.9 Å². The lowest BCUT2D eigenvalue weighted by atomic mass is 10.1. The molecule has 0 atom stereocenters. The highest BCUT2D eigenvalue weighted by Crippen LogP contribution is 2.23. The Hall–Kier alpha value is -3.45. The van der Waals surface area contributed by atoms with Gasteiger partial charge in [-0.2, -0.15) is 5.10 Å². The van der Waals surface area contributed by atoms with E-state index in [4.69, 9.17) is 0 Å². The normalized spacial score (nSPS) is 10.9. The Balaban J connectivity index is 1.52. The second kappa shape index (κ2) is 10.2. The quantitative estimate of drug-likeness (QED) is 0.563. The summed E-state index contributed by atoms with van der Waals surface area (Å²) >= 11 is 0. The van der Waals surface area contributed by atoms with Crippen LogP contribution in [-0.2, 0) is 9.59 Å². The van der Waals surface area contributed by atoms with Crippen LogP contribution >= 0.6 is 0 Å². The maximum Gasteiger partial charge on any atom is 0.238 e. The van der Waals surface area contributed by atoms with Crippen molar-refractivity contribution in [3.05, 3.63) is 71.0 Å². The van der Waals surface area contributed by atoms with Gasteiger partial charge in [-0.3, -0.25) is 14.5 Å². The van der Waals surface area contributed by atoms with E-state index in [1.165, 1.54) is 0 Å². The van der Waals surface area contributed by atoms with Crippen LogP contribution in [0, 0.1) is 27.7 Å². The summed E-state index contributed by atoms with van der Waals surface area (Å²) in [7, 11) is 1.83. The van der Waals surface area contributed by atoms with Crippen LogP contribution in [0.2, 0.25) is 0 Å². The lowest BCUT2D eigenvalue weighted by Crippen LogP contribution is -2.32. The molecular formula is C25H31N5O2. The van der Waals surface area contributed by atoms with Gasteiger partial charge in [-0.1, -0.05) is 30.3 Å². The number of amides is 2. The molecule has 0 aliphatic carbocycles. The number of anilines is 2. The molecule has 0 unspecified atom stereocenters. The Kier molecular flexibility index (Phi) is 7.43. The number of nitrogens with zero attached hydrogens (tertiary/aromatic N) is 3. The molecule has 0 saturated heterocycles. The van der Waals surface area contributed by atoms with Crippen molar-refractivity contribution < 1.29 is 9.59 Å². The first-order chi connectivity index (χ1) is 15.3. The highest BCUT2D eigenvalue weighted by Gasteiger charge is 2.16. The predicted octanol–water partition coefficient (Wildman–Crippen LogP) is 4.01. The Bertz CT molecular complexity index is 1110. The molecule has 7 heteroatoms.